The standard InChI is InChI=1S/C12H22B7NO/c1-17(18(13)14)20(19(15)16)8-4-11-5-9-21-12(10-11)6-2-3-7-12/h11H,2-10H2,1H3/i11D. The molecule has 2 nitrogen and oxygen atoms in total. The molecule has 21 heavy (non-hydrogen) atoms. The van der Waals surface area contributed by atoms with Crippen molar-refractivity contribution in [3.8, 4) is 0 Å². The van der Waals surface area contributed by atoms with E-state index in [1.807, 2.05) is 11.5 Å². The van der Waals surface area contributed by atoms with Crippen molar-refractivity contribution in [2.24, 2.45) is 5.89 Å². The number of nitrogens with zero attached hydrogens (tertiary/aromatic N) is 1. The molecule has 0 aromatic carbocycles. The molecular weight excluding hydrogens is 250 g/mol. The lowest BCUT2D eigenvalue weighted by molar-refractivity contribution is -0.0936. The summed E-state index contributed by atoms with van der Waals surface area (Å²) in [5, 5.41) is 0. The van der Waals surface area contributed by atoms with Gasteiger partial charge in [-0.3, -0.25) is 0 Å². The van der Waals surface area contributed by atoms with Crippen LogP contribution in [0.3, 0.4) is 0 Å². The van der Waals surface area contributed by atoms with E-state index in [9.17, 15) is 0 Å². The van der Waals surface area contributed by atoms with Gasteiger partial charge < -0.3 is 9.46 Å². The van der Waals surface area contributed by atoms with Crippen molar-refractivity contribution in [3.05, 3.63) is 0 Å². The Morgan fingerprint density at radius 1 is 1.29 bits per heavy atom. The van der Waals surface area contributed by atoms with Crippen LogP contribution < -0.4 is 0 Å². The highest BCUT2D eigenvalue weighted by Gasteiger charge is 2.39. The Hall–Kier alpha value is 0.375. The summed E-state index contributed by atoms with van der Waals surface area (Å²) in [5.41, 5.74) is -0.0501. The molecule has 2 aliphatic rings. The Labute approximate surface area is 138 Å². The summed E-state index contributed by atoms with van der Waals surface area (Å²) in [6.45, 7) is 2.54. The van der Waals surface area contributed by atoms with Crippen molar-refractivity contribution >= 4 is 50.7 Å². The first-order chi connectivity index (χ1) is 10.3. The van der Waals surface area contributed by atoms with E-state index in [0.29, 0.717) is 13.2 Å². The summed E-state index contributed by atoms with van der Waals surface area (Å²) in [6.07, 6.45) is 6.44. The number of rotatable bonds is 6. The van der Waals surface area contributed by atoms with E-state index in [2.05, 4.69) is 0 Å². The molecule has 8 radical (unpaired) electrons. The summed E-state index contributed by atoms with van der Waals surface area (Å²) in [5.74, 6) is -0.464. The monoisotopic (exact) mass is 274 g/mol. The average Bonchev–Trinajstić information content (AvgIpc) is 2.85. The molecule has 0 N–H and O–H groups in total. The SMILES string of the molecule is [2H]C1(CCN(B([B])[B])B(C)B([B])[B])CCOC2(CCCC2)C1. The molecule has 1 aliphatic carbocycles. The fourth-order valence-electron chi connectivity index (χ4n) is 3.69. The van der Waals surface area contributed by atoms with Gasteiger partial charge in [-0.05, 0) is 44.5 Å². The molecule has 102 valence electrons. The summed E-state index contributed by atoms with van der Waals surface area (Å²) >= 11 is 0. The fraction of sp³-hybridized carbons (Fsp3) is 1.00. The molecule has 2 rings (SSSR count). The molecule has 1 saturated carbocycles. The van der Waals surface area contributed by atoms with Crippen LogP contribution in [0.15, 0.2) is 0 Å². The van der Waals surface area contributed by atoms with E-state index >= 15 is 0 Å². The van der Waals surface area contributed by atoms with Gasteiger partial charge in [0.15, 0.2) is 6.74 Å². The Bertz CT molecular complexity index is 369. The first kappa shape index (κ1) is 16.2. The Morgan fingerprint density at radius 3 is 2.52 bits per heavy atom. The number of hydrogen-bond acceptors (Lipinski definition) is 2. The van der Waals surface area contributed by atoms with Crippen LogP contribution in [0.5, 0.6) is 0 Å². The van der Waals surface area contributed by atoms with Gasteiger partial charge in [-0.1, -0.05) is 19.7 Å². The largest absolute Gasteiger partial charge is 0.405 e. The fourth-order valence-corrected chi connectivity index (χ4v) is 3.69. The quantitative estimate of drug-likeness (QED) is 0.644. The van der Waals surface area contributed by atoms with Crippen LogP contribution in [0.2, 0.25) is 6.82 Å². The van der Waals surface area contributed by atoms with Crippen LogP contribution in [0.1, 0.15) is 46.3 Å². The van der Waals surface area contributed by atoms with Crippen LogP contribution in [0.4, 0.5) is 0 Å². The van der Waals surface area contributed by atoms with E-state index < -0.39 is 18.9 Å². The maximum atomic E-state index is 8.84. The third-order valence-corrected chi connectivity index (χ3v) is 5.14. The van der Waals surface area contributed by atoms with Gasteiger partial charge in [-0.2, -0.15) is 0 Å². The lowest BCUT2D eigenvalue weighted by atomic mass is 8.94. The molecule has 0 aromatic heterocycles. The Kier molecular flexibility index (Phi) is 6.01. The summed E-state index contributed by atoms with van der Waals surface area (Å²) in [4.78, 5) is 0. The van der Waals surface area contributed by atoms with E-state index in [4.69, 9.17) is 37.1 Å². The van der Waals surface area contributed by atoms with Gasteiger partial charge in [-0.25, -0.2) is 0 Å². The van der Waals surface area contributed by atoms with Crippen molar-refractivity contribution in [3.63, 3.8) is 0 Å². The van der Waals surface area contributed by atoms with Gasteiger partial charge in [0.25, 0.3) is 0 Å². The molecule has 1 saturated heterocycles. The predicted octanol–water partition coefficient (Wildman–Crippen LogP) is 0.265. The van der Waals surface area contributed by atoms with Gasteiger partial charge in [-0.15, -0.1) is 0 Å². The smallest absolute Gasteiger partial charge is 0.152 e. The van der Waals surface area contributed by atoms with Crippen LogP contribution in [-0.4, -0.2) is 74.2 Å². The van der Waals surface area contributed by atoms with Crippen molar-refractivity contribution in [1.29, 1.82) is 0 Å². The zero-order chi connectivity index (χ0) is 16.4. The second-order valence-corrected chi connectivity index (χ2v) is 6.71. The van der Waals surface area contributed by atoms with Gasteiger partial charge in [0.2, 0.25) is 0 Å². The average molecular weight is 273 g/mol. The molecular formula is C12H22B7NO. The molecule has 1 heterocycles. The summed E-state index contributed by atoms with van der Waals surface area (Å²) in [6, 6.07) is 0. The Balaban J connectivity index is 1.95. The van der Waals surface area contributed by atoms with E-state index in [1.165, 1.54) is 12.8 Å². The molecule has 1 atom stereocenters. The van der Waals surface area contributed by atoms with Crippen molar-refractivity contribution in [2.45, 2.75) is 57.4 Å². The third kappa shape index (κ3) is 4.67. The topological polar surface area (TPSA) is 12.5 Å². The normalized spacial score (nSPS) is 28.6. The van der Waals surface area contributed by atoms with E-state index in [1.54, 1.807) is 0 Å². The molecule has 2 fully saturated rings. The number of ether oxygens (including phenoxy) is 1. The Morgan fingerprint density at radius 2 is 1.95 bits per heavy atom. The van der Waals surface area contributed by atoms with E-state index in [0.717, 1.165) is 32.1 Å². The van der Waals surface area contributed by atoms with Crippen LogP contribution in [0, 0.1) is 5.89 Å². The van der Waals surface area contributed by atoms with Crippen molar-refractivity contribution < 1.29 is 6.11 Å². The zero-order valence-corrected chi connectivity index (χ0v) is 13.3. The molecule has 0 bridgehead atoms. The second-order valence-electron chi connectivity index (χ2n) is 6.71. The van der Waals surface area contributed by atoms with Gasteiger partial charge in [0, 0.05) is 45.3 Å². The lowest BCUT2D eigenvalue weighted by Gasteiger charge is -2.40. The number of hydrogen-bond donors (Lipinski definition) is 0. The molecule has 1 spiro atoms. The molecule has 0 amide bonds. The van der Waals surface area contributed by atoms with Crippen molar-refractivity contribution in [2.75, 3.05) is 13.2 Å². The van der Waals surface area contributed by atoms with Gasteiger partial charge >= 0.3 is 0 Å². The van der Waals surface area contributed by atoms with E-state index in [-0.39, 0.29) is 12.3 Å². The minimum Gasteiger partial charge on any atom is -0.405 e. The lowest BCUT2D eigenvalue weighted by Crippen LogP contribution is -2.57. The molecule has 0 aromatic rings. The predicted molar refractivity (Wildman–Crippen MR) is 97.3 cm³/mol. The van der Waals surface area contributed by atoms with Crippen LogP contribution in [0.25, 0.3) is 0 Å². The highest BCUT2D eigenvalue weighted by Crippen LogP contribution is 2.42. The maximum Gasteiger partial charge on any atom is 0.152 e. The highest BCUT2D eigenvalue weighted by atomic mass is 16.5. The van der Waals surface area contributed by atoms with Gasteiger partial charge in [0.1, 0.15) is 6.63 Å². The minimum atomic E-state index is -0.603. The van der Waals surface area contributed by atoms with Crippen molar-refractivity contribution in [1.82, 2.24) is 4.72 Å². The third-order valence-electron chi connectivity index (χ3n) is 5.14. The minimum absolute atomic E-state index is 0.0501. The maximum absolute atomic E-state index is 8.84. The first-order valence-corrected chi connectivity index (χ1v) is 8.19. The zero-order valence-electron chi connectivity index (χ0n) is 14.3. The molecule has 1 unspecified atom stereocenters. The van der Waals surface area contributed by atoms with Crippen LogP contribution in [-0.2, 0) is 4.74 Å². The van der Waals surface area contributed by atoms with Gasteiger partial charge in [0.05, 0.1) is 5.60 Å². The first-order valence-electron chi connectivity index (χ1n) is 8.69. The summed E-state index contributed by atoms with van der Waals surface area (Å²) < 4.78 is 16.8. The molecule has 1 aliphatic heterocycles. The summed E-state index contributed by atoms with van der Waals surface area (Å²) in [7, 11) is 23.3. The second kappa shape index (κ2) is 7.77. The van der Waals surface area contributed by atoms with Crippen LogP contribution >= 0.6 is 0 Å². The molecule has 9 heteroatoms. The highest BCUT2D eigenvalue weighted by molar-refractivity contribution is 7.58.